The number of benzene rings is 1. The predicted molar refractivity (Wildman–Crippen MR) is 63.9 cm³/mol. The zero-order valence-corrected chi connectivity index (χ0v) is 10.3. The van der Waals surface area contributed by atoms with Crippen molar-refractivity contribution in [2.75, 3.05) is 0 Å². The molecule has 0 aliphatic carbocycles. The molecule has 1 aromatic carbocycles. The van der Waals surface area contributed by atoms with Crippen LogP contribution in [-0.2, 0) is 21.3 Å². The van der Waals surface area contributed by atoms with E-state index in [1.165, 1.54) is 0 Å². The van der Waals surface area contributed by atoms with Gasteiger partial charge in [-0.25, -0.2) is 13.4 Å². The largest absolute Gasteiger partial charge is 0.327 e. The maximum atomic E-state index is 11.1. The van der Waals surface area contributed by atoms with Crippen LogP contribution in [0.25, 0.3) is 11.0 Å². The maximum absolute atomic E-state index is 11.1. The first-order chi connectivity index (χ1) is 7.51. The highest BCUT2D eigenvalue weighted by Crippen LogP contribution is 2.18. The van der Waals surface area contributed by atoms with Crippen LogP contribution in [0.4, 0.5) is 0 Å². The van der Waals surface area contributed by atoms with Crippen molar-refractivity contribution in [1.82, 2.24) is 9.55 Å². The van der Waals surface area contributed by atoms with E-state index in [1.807, 2.05) is 35.8 Å². The highest BCUT2D eigenvalue weighted by molar-refractivity contribution is 8.13. The van der Waals surface area contributed by atoms with Gasteiger partial charge in [0.05, 0.1) is 11.0 Å². The molecule has 86 valence electrons. The summed E-state index contributed by atoms with van der Waals surface area (Å²) in [7, 11) is 1.67. The number of hydrogen-bond acceptors (Lipinski definition) is 3. The van der Waals surface area contributed by atoms with E-state index in [1.54, 1.807) is 0 Å². The van der Waals surface area contributed by atoms with Gasteiger partial charge in [0, 0.05) is 17.2 Å². The Labute approximate surface area is 98.3 Å². The molecule has 1 aromatic heterocycles. The van der Waals surface area contributed by atoms with Crippen molar-refractivity contribution in [1.29, 1.82) is 0 Å². The molecular weight excluding hydrogens is 248 g/mol. The van der Waals surface area contributed by atoms with Crippen molar-refractivity contribution >= 4 is 30.8 Å². The third kappa shape index (κ3) is 2.20. The Hall–Kier alpha value is -1.07. The zero-order chi connectivity index (χ0) is 11.8. The second-order valence-electron chi connectivity index (χ2n) is 3.44. The van der Waals surface area contributed by atoms with Gasteiger partial charge in [0.15, 0.2) is 0 Å². The minimum Gasteiger partial charge on any atom is -0.327 e. The predicted octanol–water partition coefficient (Wildman–Crippen LogP) is 2.12. The molecule has 2 aromatic rings. The number of hydrogen-bond donors (Lipinski definition) is 0. The summed E-state index contributed by atoms with van der Waals surface area (Å²) in [6, 6.07) is 7.53. The van der Waals surface area contributed by atoms with E-state index in [-0.39, 0.29) is 5.75 Å². The molecule has 0 bridgehead atoms. The minimum absolute atomic E-state index is 0.239. The fourth-order valence-electron chi connectivity index (χ4n) is 1.74. The van der Waals surface area contributed by atoms with Crippen LogP contribution >= 0.6 is 10.7 Å². The Morgan fingerprint density at radius 2 is 2.06 bits per heavy atom. The Morgan fingerprint density at radius 3 is 2.69 bits per heavy atom. The molecule has 0 atom stereocenters. The molecule has 6 heteroatoms. The third-order valence-corrected chi connectivity index (χ3v) is 3.28. The molecule has 0 saturated heterocycles. The van der Waals surface area contributed by atoms with Crippen molar-refractivity contribution < 1.29 is 8.42 Å². The Balaban J connectivity index is 2.61. The lowest BCUT2D eigenvalue weighted by molar-refractivity contribution is 0.605. The number of rotatable bonds is 3. The summed E-state index contributed by atoms with van der Waals surface area (Å²) in [6.07, 6.45) is 0. The van der Waals surface area contributed by atoms with Crippen LogP contribution in [-0.4, -0.2) is 18.0 Å². The van der Waals surface area contributed by atoms with E-state index in [4.69, 9.17) is 10.7 Å². The normalized spacial score (nSPS) is 12.1. The summed E-state index contributed by atoms with van der Waals surface area (Å²) in [5.41, 5.74) is 1.72. The van der Waals surface area contributed by atoms with Gasteiger partial charge in [-0.3, -0.25) is 0 Å². The second kappa shape index (κ2) is 4.07. The molecule has 1 heterocycles. The van der Waals surface area contributed by atoms with Gasteiger partial charge in [-0.2, -0.15) is 0 Å². The van der Waals surface area contributed by atoms with Crippen LogP contribution in [0.5, 0.6) is 0 Å². The molecule has 0 N–H and O–H groups in total. The number of imidazole rings is 1. The van der Waals surface area contributed by atoms with Crippen LogP contribution in [0, 0.1) is 0 Å². The molecule has 0 saturated carbocycles. The fraction of sp³-hybridized carbons (Fsp3) is 0.300. The van der Waals surface area contributed by atoms with Gasteiger partial charge >= 0.3 is 0 Å². The average Bonchev–Trinajstić information content (AvgIpc) is 2.51. The molecule has 4 nitrogen and oxygen atoms in total. The number of nitrogens with zero attached hydrogens (tertiary/aromatic N) is 2. The molecule has 0 unspecified atom stereocenters. The van der Waals surface area contributed by atoms with E-state index >= 15 is 0 Å². The summed E-state index contributed by atoms with van der Waals surface area (Å²) < 4.78 is 24.0. The summed E-state index contributed by atoms with van der Waals surface area (Å²) in [5.74, 6) is 0.246. The summed E-state index contributed by atoms with van der Waals surface area (Å²) in [6.45, 7) is 2.61. The maximum Gasteiger partial charge on any atom is 0.239 e. The SMILES string of the molecule is CCn1c(CS(=O)(=O)Cl)nc2ccccc21. The van der Waals surface area contributed by atoms with Gasteiger partial charge in [0.1, 0.15) is 11.6 Å². The number of para-hydroxylation sites is 2. The lowest BCUT2D eigenvalue weighted by Gasteiger charge is -2.03. The standard InChI is InChI=1S/C10H11ClN2O2S/c1-2-13-9-6-4-3-5-8(9)12-10(13)7-16(11,14)15/h3-6H,2,7H2,1H3. The highest BCUT2D eigenvalue weighted by Gasteiger charge is 2.15. The number of aryl methyl sites for hydroxylation is 1. The summed E-state index contributed by atoms with van der Waals surface area (Å²) in [4.78, 5) is 4.27. The van der Waals surface area contributed by atoms with Gasteiger partial charge in [-0.1, -0.05) is 12.1 Å². The van der Waals surface area contributed by atoms with Crippen LogP contribution in [0.2, 0.25) is 0 Å². The molecule has 0 aliphatic rings. The van der Waals surface area contributed by atoms with E-state index in [0.717, 1.165) is 11.0 Å². The summed E-state index contributed by atoms with van der Waals surface area (Å²) >= 11 is 0. The first-order valence-corrected chi connectivity index (χ1v) is 7.35. The fourth-order valence-corrected chi connectivity index (χ4v) is 2.56. The smallest absolute Gasteiger partial charge is 0.239 e. The molecule has 0 fully saturated rings. The molecule has 16 heavy (non-hydrogen) atoms. The van der Waals surface area contributed by atoms with Gasteiger partial charge in [-0.05, 0) is 19.1 Å². The molecular formula is C10H11ClN2O2S. The van der Waals surface area contributed by atoms with Gasteiger partial charge in [0.25, 0.3) is 0 Å². The topological polar surface area (TPSA) is 52.0 Å². The van der Waals surface area contributed by atoms with Crippen molar-refractivity contribution in [3.05, 3.63) is 30.1 Å². The van der Waals surface area contributed by atoms with Gasteiger partial charge in [0.2, 0.25) is 9.05 Å². The van der Waals surface area contributed by atoms with Crippen molar-refractivity contribution in [2.24, 2.45) is 0 Å². The van der Waals surface area contributed by atoms with E-state index in [0.29, 0.717) is 12.4 Å². The van der Waals surface area contributed by atoms with Crippen LogP contribution in [0.1, 0.15) is 12.7 Å². The monoisotopic (exact) mass is 258 g/mol. The van der Waals surface area contributed by atoms with Crippen LogP contribution < -0.4 is 0 Å². The van der Waals surface area contributed by atoms with Crippen molar-refractivity contribution in [3.8, 4) is 0 Å². The molecule has 0 aliphatic heterocycles. The van der Waals surface area contributed by atoms with Gasteiger partial charge < -0.3 is 4.57 Å². The third-order valence-electron chi connectivity index (χ3n) is 2.35. The lowest BCUT2D eigenvalue weighted by Crippen LogP contribution is -2.05. The van der Waals surface area contributed by atoms with E-state index in [2.05, 4.69) is 4.98 Å². The first-order valence-electron chi connectivity index (χ1n) is 4.87. The van der Waals surface area contributed by atoms with Gasteiger partial charge in [-0.15, -0.1) is 0 Å². The Morgan fingerprint density at radius 1 is 1.38 bits per heavy atom. The number of aromatic nitrogens is 2. The highest BCUT2D eigenvalue weighted by atomic mass is 35.7. The molecule has 0 radical (unpaired) electrons. The Kier molecular flexibility index (Phi) is 2.90. The van der Waals surface area contributed by atoms with E-state index in [9.17, 15) is 8.42 Å². The zero-order valence-electron chi connectivity index (χ0n) is 8.72. The number of fused-ring (bicyclic) bond motifs is 1. The minimum atomic E-state index is -3.57. The van der Waals surface area contributed by atoms with E-state index < -0.39 is 9.05 Å². The number of halogens is 1. The molecule has 0 spiro atoms. The average molecular weight is 259 g/mol. The summed E-state index contributed by atoms with van der Waals surface area (Å²) in [5, 5.41) is 0. The lowest BCUT2D eigenvalue weighted by atomic mass is 10.3. The van der Waals surface area contributed by atoms with Crippen LogP contribution in [0.3, 0.4) is 0 Å². The first kappa shape index (κ1) is 11.4. The van der Waals surface area contributed by atoms with Crippen molar-refractivity contribution in [3.63, 3.8) is 0 Å². The second-order valence-corrected chi connectivity index (χ2v) is 6.22. The quantitative estimate of drug-likeness (QED) is 0.793. The van der Waals surface area contributed by atoms with Crippen LogP contribution in [0.15, 0.2) is 24.3 Å². The molecule has 0 amide bonds. The van der Waals surface area contributed by atoms with Crippen molar-refractivity contribution in [2.45, 2.75) is 19.2 Å². The molecule has 2 rings (SSSR count). The Bertz CT molecular complexity index is 619.